The third-order valence-electron chi connectivity index (χ3n) is 4.06. The first kappa shape index (κ1) is 15.7. The van der Waals surface area contributed by atoms with Crippen LogP contribution in [-0.2, 0) is 6.42 Å². The van der Waals surface area contributed by atoms with Crippen molar-refractivity contribution in [2.24, 2.45) is 0 Å². The van der Waals surface area contributed by atoms with Crippen LogP contribution in [0.25, 0.3) is 0 Å². The van der Waals surface area contributed by atoms with Crippen LogP contribution in [0.3, 0.4) is 0 Å². The lowest BCUT2D eigenvalue weighted by molar-refractivity contribution is 0.581. The van der Waals surface area contributed by atoms with Crippen LogP contribution in [0.4, 0.5) is 4.39 Å². The minimum Gasteiger partial charge on any atom is -0.316 e. The van der Waals surface area contributed by atoms with E-state index in [1.165, 1.54) is 22.8 Å². The van der Waals surface area contributed by atoms with E-state index in [0.29, 0.717) is 5.92 Å². The van der Waals surface area contributed by atoms with Crippen LogP contribution in [0.1, 0.15) is 35.1 Å². The molecule has 2 aromatic carbocycles. The topological polar surface area (TPSA) is 12.0 Å². The summed E-state index contributed by atoms with van der Waals surface area (Å²) in [6, 6.07) is 13.4. The van der Waals surface area contributed by atoms with Gasteiger partial charge in [0.1, 0.15) is 5.82 Å². The van der Waals surface area contributed by atoms with Crippen molar-refractivity contribution in [3.05, 3.63) is 70.5 Å². The van der Waals surface area contributed by atoms with E-state index >= 15 is 0 Å². The fraction of sp³-hybridized carbons (Fsp3) is 0.368. The lowest BCUT2D eigenvalue weighted by Crippen LogP contribution is -2.23. The van der Waals surface area contributed by atoms with Crippen molar-refractivity contribution in [2.45, 2.75) is 33.1 Å². The second-order valence-electron chi connectivity index (χ2n) is 5.63. The van der Waals surface area contributed by atoms with Crippen LogP contribution in [0.15, 0.2) is 42.5 Å². The second kappa shape index (κ2) is 7.37. The standard InChI is InChI=1S/C19H24FN/c1-4-21-13-17(16-9-6-10-18(20)11-16)12-19-14(2)7-5-8-15(19)3/h5-11,17,21H,4,12-13H2,1-3H3. The first-order valence-corrected chi connectivity index (χ1v) is 7.63. The fourth-order valence-corrected chi connectivity index (χ4v) is 2.80. The zero-order chi connectivity index (χ0) is 15.2. The summed E-state index contributed by atoms with van der Waals surface area (Å²) in [5.74, 6) is 0.135. The Labute approximate surface area is 127 Å². The fourth-order valence-electron chi connectivity index (χ4n) is 2.80. The molecule has 0 radical (unpaired) electrons. The van der Waals surface area contributed by atoms with Gasteiger partial charge in [0.05, 0.1) is 0 Å². The first-order valence-electron chi connectivity index (χ1n) is 7.63. The van der Waals surface area contributed by atoms with Gasteiger partial charge >= 0.3 is 0 Å². The van der Waals surface area contributed by atoms with Crippen molar-refractivity contribution in [1.82, 2.24) is 5.32 Å². The van der Waals surface area contributed by atoms with Gasteiger partial charge in [0.15, 0.2) is 0 Å². The summed E-state index contributed by atoms with van der Waals surface area (Å²) in [7, 11) is 0. The molecule has 1 unspecified atom stereocenters. The number of hydrogen-bond acceptors (Lipinski definition) is 1. The average molecular weight is 285 g/mol. The van der Waals surface area contributed by atoms with Gasteiger partial charge in [0.25, 0.3) is 0 Å². The average Bonchev–Trinajstić information content (AvgIpc) is 2.46. The number of nitrogens with one attached hydrogen (secondary N) is 1. The van der Waals surface area contributed by atoms with E-state index in [1.807, 2.05) is 6.07 Å². The van der Waals surface area contributed by atoms with Gasteiger partial charge in [0, 0.05) is 12.5 Å². The van der Waals surface area contributed by atoms with Crippen molar-refractivity contribution in [3.8, 4) is 0 Å². The maximum atomic E-state index is 13.5. The zero-order valence-electron chi connectivity index (χ0n) is 13.1. The molecule has 2 aromatic rings. The molecule has 21 heavy (non-hydrogen) atoms. The third-order valence-corrected chi connectivity index (χ3v) is 4.06. The van der Waals surface area contributed by atoms with Gasteiger partial charge < -0.3 is 5.32 Å². The van der Waals surface area contributed by atoms with Crippen LogP contribution in [0.5, 0.6) is 0 Å². The number of rotatable bonds is 6. The van der Waals surface area contributed by atoms with E-state index in [9.17, 15) is 4.39 Å². The minimum absolute atomic E-state index is 0.157. The Balaban J connectivity index is 2.28. The largest absolute Gasteiger partial charge is 0.316 e. The summed E-state index contributed by atoms with van der Waals surface area (Å²) < 4.78 is 13.5. The van der Waals surface area contributed by atoms with E-state index in [1.54, 1.807) is 12.1 Å². The molecule has 2 rings (SSSR count). The van der Waals surface area contributed by atoms with Crippen LogP contribution < -0.4 is 5.32 Å². The maximum Gasteiger partial charge on any atom is 0.123 e. The Hall–Kier alpha value is -1.67. The number of hydrogen-bond donors (Lipinski definition) is 1. The SMILES string of the molecule is CCNCC(Cc1c(C)cccc1C)c1cccc(F)c1. The highest BCUT2D eigenvalue weighted by molar-refractivity contribution is 5.36. The Kier molecular flexibility index (Phi) is 5.51. The highest BCUT2D eigenvalue weighted by atomic mass is 19.1. The lowest BCUT2D eigenvalue weighted by Gasteiger charge is -2.20. The van der Waals surface area contributed by atoms with Gasteiger partial charge in [-0.2, -0.15) is 0 Å². The van der Waals surface area contributed by atoms with Gasteiger partial charge in [-0.25, -0.2) is 4.39 Å². The predicted molar refractivity (Wildman–Crippen MR) is 87.3 cm³/mol. The smallest absolute Gasteiger partial charge is 0.123 e. The van der Waals surface area contributed by atoms with E-state index in [0.717, 1.165) is 25.1 Å². The Bertz CT molecular complexity index is 572. The van der Waals surface area contributed by atoms with Crippen LogP contribution >= 0.6 is 0 Å². The molecule has 0 heterocycles. The molecule has 0 aromatic heterocycles. The van der Waals surface area contributed by atoms with Crippen molar-refractivity contribution in [1.29, 1.82) is 0 Å². The van der Waals surface area contributed by atoms with Crippen molar-refractivity contribution in [3.63, 3.8) is 0 Å². The molecular formula is C19H24FN. The molecule has 1 N–H and O–H groups in total. The summed E-state index contributed by atoms with van der Waals surface area (Å²) in [5.41, 5.74) is 5.07. The summed E-state index contributed by atoms with van der Waals surface area (Å²) in [6.07, 6.45) is 0.939. The number of halogens is 1. The molecular weight excluding hydrogens is 261 g/mol. The molecule has 1 nitrogen and oxygen atoms in total. The second-order valence-corrected chi connectivity index (χ2v) is 5.63. The third kappa shape index (κ3) is 4.15. The predicted octanol–water partition coefficient (Wildman–Crippen LogP) is 4.38. The van der Waals surface area contributed by atoms with Crippen molar-refractivity contribution >= 4 is 0 Å². The van der Waals surface area contributed by atoms with Crippen LogP contribution in [0.2, 0.25) is 0 Å². The monoisotopic (exact) mass is 285 g/mol. The van der Waals surface area contributed by atoms with Gasteiger partial charge in [-0.05, 0) is 61.2 Å². The summed E-state index contributed by atoms with van der Waals surface area (Å²) in [4.78, 5) is 0. The molecule has 0 saturated heterocycles. The summed E-state index contributed by atoms with van der Waals surface area (Å²) in [5, 5.41) is 3.40. The highest BCUT2D eigenvalue weighted by Crippen LogP contribution is 2.25. The molecule has 0 amide bonds. The molecule has 0 aliphatic carbocycles. The summed E-state index contributed by atoms with van der Waals surface area (Å²) >= 11 is 0. The lowest BCUT2D eigenvalue weighted by atomic mass is 9.88. The van der Waals surface area contributed by atoms with Gasteiger partial charge in [-0.1, -0.05) is 37.3 Å². The van der Waals surface area contributed by atoms with E-state index in [-0.39, 0.29) is 5.82 Å². The van der Waals surface area contributed by atoms with Gasteiger partial charge in [-0.3, -0.25) is 0 Å². The molecule has 0 aliphatic rings. The molecule has 0 fully saturated rings. The number of benzene rings is 2. The summed E-state index contributed by atoms with van der Waals surface area (Å²) in [6.45, 7) is 8.20. The minimum atomic E-state index is -0.157. The molecule has 112 valence electrons. The van der Waals surface area contributed by atoms with Crippen LogP contribution in [0, 0.1) is 19.7 Å². The Morgan fingerprint density at radius 3 is 2.33 bits per heavy atom. The van der Waals surface area contributed by atoms with Gasteiger partial charge in [0.2, 0.25) is 0 Å². The normalized spacial score (nSPS) is 12.4. The highest BCUT2D eigenvalue weighted by Gasteiger charge is 2.15. The first-order chi connectivity index (χ1) is 10.1. The quantitative estimate of drug-likeness (QED) is 0.830. The zero-order valence-corrected chi connectivity index (χ0v) is 13.1. The maximum absolute atomic E-state index is 13.5. The van der Waals surface area contributed by atoms with Crippen molar-refractivity contribution in [2.75, 3.05) is 13.1 Å². The molecule has 0 spiro atoms. The van der Waals surface area contributed by atoms with Crippen molar-refractivity contribution < 1.29 is 4.39 Å². The molecule has 0 aliphatic heterocycles. The van der Waals surface area contributed by atoms with Crippen LogP contribution in [-0.4, -0.2) is 13.1 Å². The van der Waals surface area contributed by atoms with Gasteiger partial charge in [-0.15, -0.1) is 0 Å². The Morgan fingerprint density at radius 1 is 1.05 bits per heavy atom. The Morgan fingerprint density at radius 2 is 1.71 bits per heavy atom. The van der Waals surface area contributed by atoms with E-state index < -0.39 is 0 Å². The van der Waals surface area contributed by atoms with E-state index in [2.05, 4.69) is 44.3 Å². The molecule has 0 saturated carbocycles. The molecule has 1 atom stereocenters. The molecule has 2 heteroatoms. The molecule has 0 bridgehead atoms. The number of likely N-dealkylation sites (N-methyl/N-ethyl adjacent to an activating group) is 1. The number of aryl methyl sites for hydroxylation is 2. The van der Waals surface area contributed by atoms with E-state index in [4.69, 9.17) is 0 Å².